The molecule has 2 rings (SSSR count). The van der Waals surface area contributed by atoms with E-state index in [0.717, 1.165) is 35.3 Å². The minimum Gasteiger partial charge on any atom is -0.493 e. The van der Waals surface area contributed by atoms with Crippen molar-refractivity contribution in [2.75, 3.05) is 6.61 Å². The predicted octanol–water partition coefficient (Wildman–Crippen LogP) is 5.75. The second-order valence-corrected chi connectivity index (χ2v) is 8.97. The molecule has 0 amide bonds. The van der Waals surface area contributed by atoms with Crippen LogP contribution < -0.4 is 4.74 Å². The van der Waals surface area contributed by atoms with Gasteiger partial charge in [-0.1, -0.05) is 48.0 Å². The van der Waals surface area contributed by atoms with Crippen molar-refractivity contribution in [1.82, 2.24) is 0 Å². The Labute approximate surface area is 158 Å². The van der Waals surface area contributed by atoms with Crippen molar-refractivity contribution in [3.8, 4) is 11.8 Å². The first-order valence-corrected chi connectivity index (χ1v) is 9.49. The molecule has 0 unspecified atom stereocenters. The Morgan fingerprint density at radius 3 is 2.50 bits per heavy atom. The molecule has 1 aliphatic carbocycles. The number of carbonyl (C=O) groups is 1. The van der Waals surface area contributed by atoms with Gasteiger partial charge in [-0.05, 0) is 59.6 Å². The normalized spacial score (nSPS) is 17.5. The second-order valence-electron chi connectivity index (χ2n) is 8.97. The van der Waals surface area contributed by atoms with Crippen molar-refractivity contribution in [3.05, 3.63) is 34.4 Å². The Balaban J connectivity index is 2.59. The number of allylic oxidation sites excluding steroid dienone is 2. The fraction of sp³-hybridized carbons (Fsp3) is 0.565. The molecule has 0 aliphatic heterocycles. The van der Waals surface area contributed by atoms with E-state index in [9.17, 15) is 10.1 Å². The first-order chi connectivity index (χ1) is 12.0. The van der Waals surface area contributed by atoms with Gasteiger partial charge in [0.05, 0.1) is 12.2 Å². The Kier molecular flexibility index (Phi) is 5.66. The fourth-order valence-corrected chi connectivity index (χ4v) is 3.47. The summed E-state index contributed by atoms with van der Waals surface area (Å²) in [7, 11) is 0. The molecule has 0 heterocycles. The van der Waals surface area contributed by atoms with Gasteiger partial charge in [0, 0.05) is 5.41 Å². The third kappa shape index (κ3) is 3.85. The van der Waals surface area contributed by atoms with Crippen molar-refractivity contribution in [2.45, 2.75) is 73.1 Å². The monoisotopic (exact) mass is 353 g/mol. The van der Waals surface area contributed by atoms with Crippen molar-refractivity contribution in [1.29, 1.82) is 5.26 Å². The lowest BCUT2D eigenvalue weighted by atomic mass is 9.83. The smallest absolute Gasteiger partial charge is 0.178 e. The highest BCUT2D eigenvalue weighted by atomic mass is 16.5. The van der Waals surface area contributed by atoms with Crippen LogP contribution >= 0.6 is 0 Å². The molecule has 0 saturated carbocycles. The maximum absolute atomic E-state index is 12.8. The van der Waals surface area contributed by atoms with E-state index in [1.807, 2.05) is 27.7 Å². The number of rotatable bonds is 5. The number of ether oxygens (including phenoxy) is 1. The van der Waals surface area contributed by atoms with Crippen LogP contribution in [0.4, 0.5) is 0 Å². The highest BCUT2D eigenvalue weighted by Crippen LogP contribution is 2.49. The van der Waals surface area contributed by atoms with E-state index in [0.29, 0.717) is 18.6 Å². The maximum Gasteiger partial charge on any atom is 0.178 e. The van der Waals surface area contributed by atoms with Gasteiger partial charge in [-0.3, -0.25) is 4.79 Å². The largest absolute Gasteiger partial charge is 0.493 e. The van der Waals surface area contributed by atoms with Gasteiger partial charge in [0.1, 0.15) is 11.8 Å². The number of unbranched alkanes of at least 4 members (excludes halogenated alkanes) is 1. The number of hydrogen-bond acceptors (Lipinski definition) is 3. The van der Waals surface area contributed by atoms with E-state index >= 15 is 0 Å². The lowest BCUT2D eigenvalue weighted by Gasteiger charge is -2.20. The molecule has 140 valence electrons. The molecule has 0 atom stereocenters. The molecule has 0 N–H and O–H groups in total. The second kappa shape index (κ2) is 7.27. The van der Waals surface area contributed by atoms with Crippen LogP contribution in [0.1, 0.15) is 77.5 Å². The number of ketones is 1. The summed E-state index contributed by atoms with van der Waals surface area (Å²) in [6.45, 7) is 14.8. The summed E-state index contributed by atoms with van der Waals surface area (Å²) in [5, 5.41) is 9.73. The molecule has 0 fully saturated rings. The van der Waals surface area contributed by atoms with Gasteiger partial charge < -0.3 is 4.74 Å². The molecule has 0 radical (unpaired) electrons. The summed E-state index contributed by atoms with van der Waals surface area (Å²) in [5.41, 5.74) is 3.75. The van der Waals surface area contributed by atoms with E-state index < -0.39 is 5.41 Å². The highest BCUT2D eigenvalue weighted by Gasteiger charge is 2.38. The van der Waals surface area contributed by atoms with Crippen LogP contribution in [0.5, 0.6) is 5.75 Å². The van der Waals surface area contributed by atoms with Crippen molar-refractivity contribution in [2.24, 2.45) is 5.41 Å². The Morgan fingerprint density at radius 2 is 1.96 bits per heavy atom. The molecule has 0 spiro atoms. The first kappa shape index (κ1) is 20.2. The van der Waals surface area contributed by atoms with Gasteiger partial charge in [0.2, 0.25) is 0 Å². The van der Waals surface area contributed by atoms with Gasteiger partial charge >= 0.3 is 0 Å². The van der Waals surface area contributed by atoms with E-state index in [2.05, 4.69) is 39.0 Å². The zero-order valence-electron chi connectivity index (χ0n) is 17.2. The van der Waals surface area contributed by atoms with E-state index in [1.54, 1.807) is 0 Å². The Morgan fingerprint density at radius 1 is 1.31 bits per heavy atom. The fourth-order valence-electron chi connectivity index (χ4n) is 3.47. The van der Waals surface area contributed by atoms with E-state index in [4.69, 9.17) is 4.74 Å². The molecule has 1 aromatic carbocycles. The van der Waals surface area contributed by atoms with Crippen LogP contribution in [-0.2, 0) is 10.2 Å². The SMILES string of the molecule is CCCCOc1cc2c(cc1C)C(=C(C#N)C(=O)C(C)(C)C)CC2(C)C. The molecular formula is C23H31NO2. The molecule has 0 bridgehead atoms. The Hall–Kier alpha value is -2.08. The number of carbonyl (C=O) groups excluding carboxylic acids is 1. The first-order valence-electron chi connectivity index (χ1n) is 9.49. The number of nitriles is 1. The number of nitrogens with zero attached hydrogens (tertiary/aromatic N) is 1. The van der Waals surface area contributed by atoms with E-state index in [1.165, 1.54) is 5.56 Å². The molecule has 26 heavy (non-hydrogen) atoms. The number of hydrogen-bond donors (Lipinski definition) is 0. The van der Waals surface area contributed by atoms with Gasteiger partial charge in [-0.2, -0.15) is 5.26 Å². The van der Waals surface area contributed by atoms with Gasteiger partial charge in [0.25, 0.3) is 0 Å². The quantitative estimate of drug-likeness (QED) is 0.385. The van der Waals surface area contributed by atoms with Crippen LogP contribution in [0.15, 0.2) is 17.7 Å². The molecule has 1 aromatic rings. The number of benzene rings is 1. The van der Waals surface area contributed by atoms with Crippen LogP contribution in [0.3, 0.4) is 0 Å². The summed E-state index contributed by atoms with van der Waals surface area (Å²) in [5.74, 6) is 0.826. The summed E-state index contributed by atoms with van der Waals surface area (Å²) in [6.07, 6.45) is 2.83. The molecule has 3 heteroatoms. The molecule has 0 saturated heterocycles. The maximum atomic E-state index is 12.8. The van der Waals surface area contributed by atoms with Gasteiger partial charge in [0.15, 0.2) is 5.78 Å². The molecule has 1 aliphatic rings. The number of Topliss-reactive ketones (excluding diaryl/α,β-unsaturated/α-hetero) is 1. The summed E-state index contributed by atoms with van der Waals surface area (Å²) < 4.78 is 5.97. The van der Waals surface area contributed by atoms with Gasteiger partial charge in [-0.15, -0.1) is 0 Å². The van der Waals surface area contributed by atoms with Crippen molar-refractivity contribution in [3.63, 3.8) is 0 Å². The zero-order valence-corrected chi connectivity index (χ0v) is 17.2. The highest BCUT2D eigenvalue weighted by molar-refractivity contribution is 6.09. The summed E-state index contributed by atoms with van der Waals surface area (Å²) in [6, 6.07) is 6.41. The number of aryl methyl sites for hydroxylation is 1. The third-order valence-corrected chi connectivity index (χ3v) is 5.07. The van der Waals surface area contributed by atoms with Crippen LogP contribution in [-0.4, -0.2) is 12.4 Å². The lowest BCUT2D eigenvalue weighted by molar-refractivity contribution is -0.122. The van der Waals surface area contributed by atoms with Crippen molar-refractivity contribution >= 4 is 11.4 Å². The summed E-state index contributed by atoms with van der Waals surface area (Å²) in [4.78, 5) is 12.8. The predicted molar refractivity (Wildman–Crippen MR) is 106 cm³/mol. The van der Waals surface area contributed by atoms with Crippen LogP contribution in [0.2, 0.25) is 0 Å². The molecule has 3 nitrogen and oxygen atoms in total. The van der Waals surface area contributed by atoms with Crippen LogP contribution in [0, 0.1) is 23.7 Å². The third-order valence-electron chi connectivity index (χ3n) is 5.07. The minimum absolute atomic E-state index is 0.0837. The lowest BCUT2D eigenvalue weighted by Crippen LogP contribution is -2.22. The average Bonchev–Trinajstić information content (AvgIpc) is 2.78. The van der Waals surface area contributed by atoms with Crippen molar-refractivity contribution < 1.29 is 9.53 Å². The molecular weight excluding hydrogens is 322 g/mol. The Bertz CT molecular complexity index is 786. The standard InChI is InChI=1S/C23H31NO2/c1-8-9-10-26-20-12-19-16(11-15(20)2)17(13-23(19,6)7)18(14-24)21(25)22(3,4)5/h11-12H,8-10,13H2,1-7H3. The summed E-state index contributed by atoms with van der Waals surface area (Å²) >= 11 is 0. The topological polar surface area (TPSA) is 50.1 Å². The van der Waals surface area contributed by atoms with Crippen LogP contribution in [0.25, 0.3) is 5.57 Å². The average molecular weight is 354 g/mol. The minimum atomic E-state index is -0.566. The molecule has 0 aromatic heterocycles. The van der Waals surface area contributed by atoms with Gasteiger partial charge in [-0.25, -0.2) is 0 Å². The zero-order chi connectivity index (χ0) is 19.7. The van der Waals surface area contributed by atoms with E-state index in [-0.39, 0.29) is 11.2 Å². The number of fused-ring (bicyclic) bond motifs is 1.